The zero-order valence-corrected chi connectivity index (χ0v) is 11.0. The zero-order valence-electron chi connectivity index (χ0n) is 10.2. The number of rotatable bonds is 5. The highest BCUT2D eigenvalue weighted by molar-refractivity contribution is 7.85. The molecule has 0 saturated heterocycles. The summed E-state index contributed by atoms with van der Waals surface area (Å²) >= 11 is 0. The predicted molar refractivity (Wildman–Crippen MR) is 70.2 cm³/mol. The number of hydrogen-bond acceptors (Lipinski definition) is 3. The number of aryl methyl sites for hydroxylation is 1. The number of nitrogens with one attached hydrogen (secondary N) is 1. The van der Waals surface area contributed by atoms with Crippen molar-refractivity contribution in [2.24, 2.45) is 0 Å². The fourth-order valence-corrected chi connectivity index (χ4v) is 2.57. The molecule has 5 heteroatoms. The van der Waals surface area contributed by atoms with Crippen molar-refractivity contribution in [1.82, 2.24) is 5.32 Å². The monoisotopic (exact) mass is 254 g/mol. The molecule has 1 amide bonds. The normalized spacial score (nSPS) is 12.1. The van der Waals surface area contributed by atoms with E-state index >= 15 is 0 Å². The average Bonchev–Trinajstić information content (AvgIpc) is 2.32. The molecule has 0 aliphatic rings. The number of hydrogen-bond donors (Lipinski definition) is 2. The van der Waals surface area contributed by atoms with E-state index in [0.717, 1.165) is 10.5 Å². The molecule has 1 atom stereocenters. The number of nitrogen functional groups attached to an aromatic ring is 1. The van der Waals surface area contributed by atoms with Crippen LogP contribution in [0, 0.1) is 6.92 Å². The topological polar surface area (TPSA) is 72.2 Å². The van der Waals surface area contributed by atoms with Gasteiger partial charge in [0.25, 0.3) is 0 Å². The van der Waals surface area contributed by atoms with E-state index in [0.29, 0.717) is 24.3 Å². The van der Waals surface area contributed by atoms with Crippen LogP contribution in [-0.4, -0.2) is 22.9 Å². The summed E-state index contributed by atoms with van der Waals surface area (Å²) in [5.41, 5.74) is 7.33. The molecule has 0 fully saturated rings. The summed E-state index contributed by atoms with van der Waals surface area (Å²) in [7, 11) is 0.544. The van der Waals surface area contributed by atoms with E-state index in [1.165, 1.54) is 0 Å². The Bertz CT molecular complexity index is 433. The summed E-state index contributed by atoms with van der Waals surface area (Å²) < 4.78 is 11.9. The van der Waals surface area contributed by atoms with Gasteiger partial charge in [-0.1, -0.05) is 0 Å². The highest BCUT2D eigenvalue weighted by Crippen LogP contribution is 2.16. The summed E-state index contributed by atoms with van der Waals surface area (Å²) in [6, 6.07) is 5.38. The summed E-state index contributed by atoms with van der Waals surface area (Å²) in [6.07, 6.45) is 1.03. The van der Waals surface area contributed by atoms with Crippen LogP contribution < -0.4 is 11.1 Å². The van der Waals surface area contributed by atoms with Crippen LogP contribution in [0.2, 0.25) is 0 Å². The summed E-state index contributed by atoms with van der Waals surface area (Å²) in [6.45, 7) is 1.89. The van der Waals surface area contributed by atoms with Crippen LogP contribution in [0.25, 0.3) is 0 Å². The van der Waals surface area contributed by atoms with Crippen LogP contribution in [0.4, 0.5) is 5.69 Å². The van der Waals surface area contributed by atoms with Crippen LogP contribution >= 0.6 is 0 Å². The average molecular weight is 254 g/mol. The van der Waals surface area contributed by atoms with Crippen molar-refractivity contribution in [3.05, 3.63) is 23.8 Å². The van der Waals surface area contributed by atoms with E-state index < -0.39 is 10.8 Å². The molecule has 0 aliphatic heterocycles. The SMILES string of the molecule is CNC(=O)CCCS(=O)c1ccc(N)c(C)c1. The molecule has 0 heterocycles. The Morgan fingerprint density at radius 3 is 2.76 bits per heavy atom. The first kappa shape index (κ1) is 13.7. The Balaban J connectivity index is 2.52. The molecule has 1 rings (SSSR count). The molecular formula is C12H18N2O2S. The minimum absolute atomic E-state index is 0.0181. The van der Waals surface area contributed by atoms with Crippen molar-refractivity contribution >= 4 is 22.4 Å². The lowest BCUT2D eigenvalue weighted by Gasteiger charge is -2.05. The Labute approximate surface area is 104 Å². The fraction of sp³-hybridized carbons (Fsp3) is 0.417. The van der Waals surface area contributed by atoms with Gasteiger partial charge in [-0.15, -0.1) is 0 Å². The number of carbonyl (C=O) groups excluding carboxylic acids is 1. The molecule has 0 aliphatic carbocycles. The maximum Gasteiger partial charge on any atom is 0.219 e. The Hall–Kier alpha value is -1.36. The molecular weight excluding hydrogens is 236 g/mol. The van der Waals surface area contributed by atoms with Crippen LogP contribution in [0.15, 0.2) is 23.1 Å². The van der Waals surface area contributed by atoms with Crippen molar-refractivity contribution in [3.8, 4) is 0 Å². The zero-order chi connectivity index (χ0) is 12.8. The largest absolute Gasteiger partial charge is 0.399 e. The first-order chi connectivity index (χ1) is 8.04. The van der Waals surface area contributed by atoms with Crippen LogP contribution in [0.5, 0.6) is 0 Å². The smallest absolute Gasteiger partial charge is 0.219 e. The lowest BCUT2D eigenvalue weighted by atomic mass is 10.2. The molecule has 0 saturated carbocycles. The third kappa shape index (κ3) is 4.19. The number of benzene rings is 1. The standard InChI is InChI=1S/C12H18N2O2S/c1-9-8-10(5-6-11(9)13)17(16)7-3-4-12(15)14-2/h5-6,8H,3-4,7,13H2,1-2H3,(H,14,15). The lowest BCUT2D eigenvalue weighted by molar-refractivity contribution is -0.120. The van der Waals surface area contributed by atoms with Gasteiger partial charge in [-0.2, -0.15) is 0 Å². The van der Waals surface area contributed by atoms with Crippen LogP contribution in [-0.2, 0) is 15.6 Å². The second kappa shape index (κ2) is 6.39. The number of amides is 1. The predicted octanol–water partition coefficient (Wildman–Crippen LogP) is 1.21. The third-order valence-electron chi connectivity index (χ3n) is 2.52. The van der Waals surface area contributed by atoms with Gasteiger partial charge in [0.1, 0.15) is 0 Å². The molecule has 1 unspecified atom stereocenters. The molecule has 4 nitrogen and oxygen atoms in total. The van der Waals surface area contributed by atoms with E-state index in [-0.39, 0.29) is 5.91 Å². The van der Waals surface area contributed by atoms with Gasteiger partial charge < -0.3 is 11.1 Å². The van der Waals surface area contributed by atoms with Gasteiger partial charge in [-0.25, -0.2) is 0 Å². The van der Waals surface area contributed by atoms with Gasteiger partial charge in [-0.05, 0) is 37.1 Å². The van der Waals surface area contributed by atoms with Crippen molar-refractivity contribution < 1.29 is 9.00 Å². The summed E-state index contributed by atoms with van der Waals surface area (Å²) in [4.78, 5) is 11.8. The molecule has 3 N–H and O–H groups in total. The maximum atomic E-state index is 11.9. The van der Waals surface area contributed by atoms with E-state index in [9.17, 15) is 9.00 Å². The first-order valence-electron chi connectivity index (χ1n) is 5.49. The van der Waals surface area contributed by atoms with Crippen LogP contribution in [0.3, 0.4) is 0 Å². The molecule has 17 heavy (non-hydrogen) atoms. The van der Waals surface area contributed by atoms with Gasteiger partial charge in [0.05, 0.1) is 10.8 Å². The van der Waals surface area contributed by atoms with E-state index in [2.05, 4.69) is 5.32 Å². The third-order valence-corrected chi connectivity index (χ3v) is 3.96. The first-order valence-corrected chi connectivity index (χ1v) is 6.81. The Morgan fingerprint density at radius 1 is 1.47 bits per heavy atom. The van der Waals surface area contributed by atoms with Crippen molar-refractivity contribution in [2.45, 2.75) is 24.7 Å². The summed E-state index contributed by atoms with van der Waals surface area (Å²) in [5.74, 6) is 0.479. The molecule has 0 aromatic heterocycles. The van der Waals surface area contributed by atoms with Gasteiger partial charge in [0.15, 0.2) is 0 Å². The van der Waals surface area contributed by atoms with E-state index in [4.69, 9.17) is 5.73 Å². The van der Waals surface area contributed by atoms with E-state index in [1.807, 2.05) is 13.0 Å². The van der Waals surface area contributed by atoms with Crippen LogP contribution in [0.1, 0.15) is 18.4 Å². The summed E-state index contributed by atoms with van der Waals surface area (Å²) in [5, 5.41) is 2.54. The molecule has 0 bridgehead atoms. The van der Waals surface area contributed by atoms with Gasteiger partial charge in [0.2, 0.25) is 5.91 Å². The van der Waals surface area contributed by atoms with Crippen molar-refractivity contribution in [3.63, 3.8) is 0 Å². The van der Waals surface area contributed by atoms with Crippen molar-refractivity contribution in [1.29, 1.82) is 0 Å². The number of anilines is 1. The molecule has 1 aromatic carbocycles. The highest BCUT2D eigenvalue weighted by Gasteiger charge is 2.06. The quantitative estimate of drug-likeness (QED) is 0.776. The second-order valence-electron chi connectivity index (χ2n) is 3.84. The minimum Gasteiger partial charge on any atom is -0.399 e. The molecule has 0 radical (unpaired) electrons. The molecule has 1 aromatic rings. The highest BCUT2D eigenvalue weighted by atomic mass is 32.2. The van der Waals surface area contributed by atoms with Gasteiger partial charge in [-0.3, -0.25) is 9.00 Å². The fourth-order valence-electron chi connectivity index (χ4n) is 1.40. The Morgan fingerprint density at radius 2 is 2.18 bits per heavy atom. The maximum absolute atomic E-state index is 11.9. The molecule has 0 spiro atoms. The van der Waals surface area contributed by atoms with Gasteiger partial charge >= 0.3 is 0 Å². The lowest BCUT2D eigenvalue weighted by Crippen LogP contribution is -2.17. The second-order valence-corrected chi connectivity index (χ2v) is 5.42. The number of carbonyl (C=O) groups is 1. The molecule has 94 valence electrons. The Kier molecular flexibility index (Phi) is 5.15. The van der Waals surface area contributed by atoms with E-state index in [1.54, 1.807) is 19.2 Å². The number of nitrogens with two attached hydrogens (primary N) is 1. The van der Waals surface area contributed by atoms with Gasteiger partial charge in [0, 0.05) is 29.8 Å². The van der Waals surface area contributed by atoms with Crippen molar-refractivity contribution in [2.75, 3.05) is 18.5 Å². The minimum atomic E-state index is -1.06.